The molecule has 0 spiro atoms. The van der Waals surface area contributed by atoms with Crippen molar-refractivity contribution in [1.29, 1.82) is 5.26 Å². The molecule has 0 saturated heterocycles. The Balaban J connectivity index is 2.25. The normalized spacial score (nSPS) is 14.9. The van der Waals surface area contributed by atoms with Crippen molar-refractivity contribution in [2.45, 2.75) is 51.5 Å². The molecule has 0 bridgehead atoms. The predicted molar refractivity (Wildman–Crippen MR) is 82.1 cm³/mol. The quantitative estimate of drug-likeness (QED) is 0.617. The van der Waals surface area contributed by atoms with Crippen LogP contribution in [0.1, 0.15) is 55.1 Å². The standard InChI is InChI=1S/C16H20ClN3O/c1-2-5-13-10-12(11-15(17)19-13)16(21)20(9-8-18)14-6-3-4-7-14/h10-11,14H,2-7,9H2,1H3. The molecule has 0 N–H and O–H groups in total. The van der Waals surface area contributed by atoms with E-state index in [1.54, 1.807) is 17.0 Å². The van der Waals surface area contributed by atoms with Crippen LogP contribution in [0.5, 0.6) is 0 Å². The maximum Gasteiger partial charge on any atom is 0.255 e. The molecular formula is C16H20ClN3O. The number of amides is 1. The smallest absolute Gasteiger partial charge is 0.255 e. The van der Waals surface area contributed by atoms with E-state index in [0.29, 0.717) is 10.7 Å². The second kappa shape index (κ2) is 7.42. The first-order valence-electron chi connectivity index (χ1n) is 7.50. The molecule has 1 aliphatic carbocycles. The summed E-state index contributed by atoms with van der Waals surface area (Å²) in [6.07, 6.45) is 5.95. The van der Waals surface area contributed by atoms with Crippen LogP contribution in [0.3, 0.4) is 0 Å². The number of carbonyl (C=O) groups is 1. The molecular weight excluding hydrogens is 286 g/mol. The van der Waals surface area contributed by atoms with Crippen LogP contribution >= 0.6 is 11.6 Å². The Hall–Kier alpha value is -1.60. The number of aromatic nitrogens is 1. The molecule has 4 nitrogen and oxygen atoms in total. The molecule has 1 aromatic heterocycles. The number of hydrogen-bond donors (Lipinski definition) is 0. The van der Waals surface area contributed by atoms with Gasteiger partial charge in [0.15, 0.2) is 0 Å². The second-order valence-corrected chi connectivity index (χ2v) is 5.84. The fourth-order valence-electron chi connectivity index (χ4n) is 2.88. The van der Waals surface area contributed by atoms with Gasteiger partial charge in [0.05, 0.1) is 6.07 Å². The van der Waals surface area contributed by atoms with Crippen LogP contribution in [0.15, 0.2) is 12.1 Å². The van der Waals surface area contributed by atoms with Crippen molar-refractivity contribution in [3.05, 3.63) is 28.5 Å². The number of hydrogen-bond acceptors (Lipinski definition) is 3. The van der Waals surface area contributed by atoms with Crippen molar-refractivity contribution in [2.75, 3.05) is 6.54 Å². The van der Waals surface area contributed by atoms with Crippen molar-refractivity contribution in [3.8, 4) is 6.07 Å². The molecule has 21 heavy (non-hydrogen) atoms. The first-order chi connectivity index (χ1) is 10.2. The van der Waals surface area contributed by atoms with Crippen molar-refractivity contribution in [1.82, 2.24) is 9.88 Å². The highest BCUT2D eigenvalue weighted by atomic mass is 35.5. The average Bonchev–Trinajstić information content (AvgIpc) is 2.97. The van der Waals surface area contributed by atoms with E-state index in [9.17, 15) is 4.79 Å². The molecule has 0 aromatic carbocycles. The van der Waals surface area contributed by atoms with Crippen LogP contribution in [0.2, 0.25) is 5.15 Å². The fraction of sp³-hybridized carbons (Fsp3) is 0.562. The largest absolute Gasteiger partial charge is 0.322 e. The average molecular weight is 306 g/mol. The Morgan fingerprint density at radius 2 is 2.19 bits per heavy atom. The van der Waals surface area contributed by atoms with Crippen molar-refractivity contribution in [3.63, 3.8) is 0 Å². The summed E-state index contributed by atoms with van der Waals surface area (Å²) >= 11 is 6.02. The molecule has 1 aliphatic rings. The fourth-order valence-corrected chi connectivity index (χ4v) is 3.11. The van der Waals surface area contributed by atoms with Gasteiger partial charge in [0.25, 0.3) is 5.91 Å². The van der Waals surface area contributed by atoms with E-state index in [2.05, 4.69) is 18.0 Å². The molecule has 0 aliphatic heterocycles. The lowest BCUT2D eigenvalue weighted by molar-refractivity contribution is 0.0709. The van der Waals surface area contributed by atoms with Gasteiger partial charge >= 0.3 is 0 Å². The maximum absolute atomic E-state index is 12.7. The van der Waals surface area contributed by atoms with E-state index in [0.717, 1.165) is 44.2 Å². The summed E-state index contributed by atoms with van der Waals surface area (Å²) in [6, 6.07) is 5.69. The number of nitriles is 1. The summed E-state index contributed by atoms with van der Waals surface area (Å²) in [5, 5.41) is 9.34. The molecule has 0 unspecified atom stereocenters. The minimum absolute atomic E-state index is 0.106. The van der Waals surface area contributed by atoms with Crippen LogP contribution in [-0.2, 0) is 6.42 Å². The van der Waals surface area contributed by atoms with Gasteiger partial charge in [-0.2, -0.15) is 5.26 Å². The molecule has 1 saturated carbocycles. The molecule has 2 rings (SSSR count). The van der Waals surface area contributed by atoms with Crippen molar-refractivity contribution in [2.24, 2.45) is 0 Å². The van der Waals surface area contributed by atoms with Crippen molar-refractivity contribution >= 4 is 17.5 Å². The van der Waals surface area contributed by atoms with E-state index in [1.165, 1.54) is 0 Å². The first kappa shape index (κ1) is 15.8. The monoisotopic (exact) mass is 305 g/mol. The van der Waals surface area contributed by atoms with Gasteiger partial charge in [-0.3, -0.25) is 4.79 Å². The van der Waals surface area contributed by atoms with E-state index >= 15 is 0 Å². The number of nitrogens with zero attached hydrogens (tertiary/aromatic N) is 3. The summed E-state index contributed by atoms with van der Waals surface area (Å²) < 4.78 is 0. The third-order valence-corrected chi connectivity index (χ3v) is 4.06. The van der Waals surface area contributed by atoms with E-state index in [4.69, 9.17) is 16.9 Å². The highest BCUT2D eigenvalue weighted by molar-refractivity contribution is 6.29. The van der Waals surface area contributed by atoms with Gasteiger partial charge in [0.2, 0.25) is 0 Å². The van der Waals surface area contributed by atoms with Gasteiger partial charge < -0.3 is 4.90 Å². The number of pyridine rings is 1. The Labute approximate surface area is 130 Å². The zero-order valence-corrected chi connectivity index (χ0v) is 13.1. The molecule has 1 heterocycles. The van der Waals surface area contributed by atoms with Gasteiger partial charge in [-0.15, -0.1) is 0 Å². The van der Waals surface area contributed by atoms with Crippen LogP contribution in [-0.4, -0.2) is 28.4 Å². The van der Waals surface area contributed by atoms with E-state index < -0.39 is 0 Å². The minimum Gasteiger partial charge on any atom is -0.322 e. The highest BCUT2D eigenvalue weighted by Crippen LogP contribution is 2.25. The van der Waals surface area contributed by atoms with E-state index in [1.807, 2.05) is 0 Å². The van der Waals surface area contributed by atoms with Crippen LogP contribution in [0.25, 0.3) is 0 Å². The zero-order chi connectivity index (χ0) is 15.2. The number of halogens is 1. The molecule has 0 atom stereocenters. The Kier molecular flexibility index (Phi) is 5.58. The molecule has 1 amide bonds. The SMILES string of the molecule is CCCc1cc(C(=O)N(CC#N)C2CCCC2)cc(Cl)n1. The maximum atomic E-state index is 12.7. The molecule has 112 valence electrons. The van der Waals surface area contributed by atoms with Gasteiger partial charge in [-0.25, -0.2) is 4.98 Å². The van der Waals surface area contributed by atoms with Gasteiger partial charge in [-0.05, 0) is 31.4 Å². The summed E-state index contributed by atoms with van der Waals surface area (Å²) in [4.78, 5) is 18.6. The third kappa shape index (κ3) is 3.95. The third-order valence-electron chi connectivity index (χ3n) is 3.87. The lowest BCUT2D eigenvalue weighted by Crippen LogP contribution is -2.39. The lowest BCUT2D eigenvalue weighted by Gasteiger charge is -2.26. The van der Waals surface area contributed by atoms with Gasteiger partial charge in [0.1, 0.15) is 11.7 Å². The summed E-state index contributed by atoms with van der Waals surface area (Å²) in [6.45, 7) is 2.19. The van der Waals surface area contributed by atoms with Gasteiger partial charge in [0, 0.05) is 17.3 Å². The molecule has 1 aromatic rings. The summed E-state index contributed by atoms with van der Waals surface area (Å²) in [5.74, 6) is -0.106. The first-order valence-corrected chi connectivity index (χ1v) is 7.88. The Morgan fingerprint density at radius 1 is 1.48 bits per heavy atom. The number of rotatable bonds is 5. The zero-order valence-electron chi connectivity index (χ0n) is 12.3. The Bertz CT molecular complexity index is 547. The van der Waals surface area contributed by atoms with Gasteiger partial charge in [-0.1, -0.05) is 37.8 Å². The predicted octanol–water partition coefficient (Wildman–Crippen LogP) is 3.60. The minimum atomic E-state index is -0.106. The summed E-state index contributed by atoms with van der Waals surface area (Å²) in [7, 11) is 0. The van der Waals surface area contributed by atoms with E-state index in [-0.39, 0.29) is 18.5 Å². The number of aryl methyl sites for hydroxylation is 1. The molecule has 0 radical (unpaired) electrons. The lowest BCUT2D eigenvalue weighted by atomic mass is 10.1. The second-order valence-electron chi connectivity index (χ2n) is 5.45. The molecule has 1 fully saturated rings. The summed E-state index contributed by atoms with van der Waals surface area (Å²) in [5.41, 5.74) is 1.37. The topological polar surface area (TPSA) is 57.0 Å². The van der Waals surface area contributed by atoms with Crippen molar-refractivity contribution < 1.29 is 4.79 Å². The Morgan fingerprint density at radius 3 is 2.81 bits per heavy atom. The highest BCUT2D eigenvalue weighted by Gasteiger charge is 2.27. The number of carbonyl (C=O) groups excluding carboxylic acids is 1. The van der Waals surface area contributed by atoms with Crippen LogP contribution in [0, 0.1) is 11.3 Å². The van der Waals surface area contributed by atoms with Crippen LogP contribution in [0.4, 0.5) is 0 Å². The molecule has 5 heteroatoms. The van der Waals surface area contributed by atoms with Crippen LogP contribution < -0.4 is 0 Å².